The second-order valence-electron chi connectivity index (χ2n) is 3.67. The van der Waals surface area contributed by atoms with Gasteiger partial charge in [0.05, 0.1) is 6.54 Å². The third-order valence-electron chi connectivity index (χ3n) is 2.44. The zero-order chi connectivity index (χ0) is 11.7. The maximum atomic E-state index is 13.5. The Morgan fingerprint density at radius 1 is 1.38 bits per heavy atom. The maximum absolute atomic E-state index is 13.5. The number of benzene rings is 1. The van der Waals surface area contributed by atoms with Crippen molar-refractivity contribution in [1.82, 2.24) is 9.13 Å². The molecule has 1 aromatic carbocycles. The smallest absolute Gasteiger partial charge is 0.328 e. The van der Waals surface area contributed by atoms with Crippen molar-refractivity contribution in [2.75, 3.05) is 5.73 Å². The summed E-state index contributed by atoms with van der Waals surface area (Å²) in [6.07, 6.45) is 3.26. The van der Waals surface area contributed by atoms with E-state index in [0.717, 1.165) is 0 Å². The lowest BCUT2D eigenvalue weighted by Gasteiger charge is -2.04. The van der Waals surface area contributed by atoms with Crippen LogP contribution in [0, 0.1) is 5.82 Å². The van der Waals surface area contributed by atoms with E-state index in [9.17, 15) is 9.18 Å². The van der Waals surface area contributed by atoms with E-state index in [1.165, 1.54) is 15.2 Å². The number of rotatable bonds is 2. The van der Waals surface area contributed by atoms with Gasteiger partial charge in [-0.15, -0.1) is 0 Å². The molecule has 0 aliphatic carbocycles. The molecule has 0 saturated heterocycles. The van der Waals surface area contributed by atoms with Gasteiger partial charge in [0.25, 0.3) is 0 Å². The number of nitrogens with two attached hydrogens (primary N) is 1. The number of halogens is 1. The molecule has 0 bridgehead atoms. The molecule has 0 amide bonds. The molecule has 0 atom stereocenters. The summed E-state index contributed by atoms with van der Waals surface area (Å²) in [5.41, 5.74) is 6.10. The van der Waals surface area contributed by atoms with Gasteiger partial charge in [-0.05, 0) is 12.1 Å². The van der Waals surface area contributed by atoms with Crippen molar-refractivity contribution in [1.29, 1.82) is 0 Å². The zero-order valence-corrected chi connectivity index (χ0v) is 8.85. The zero-order valence-electron chi connectivity index (χ0n) is 8.85. The fourth-order valence-corrected chi connectivity index (χ4v) is 1.51. The molecule has 0 aliphatic heterocycles. The number of aryl methyl sites for hydroxylation is 1. The minimum atomic E-state index is -0.393. The highest BCUT2D eigenvalue weighted by molar-refractivity contribution is 5.40. The number of nitrogen functional groups attached to an aromatic ring is 1. The van der Waals surface area contributed by atoms with E-state index in [2.05, 4.69) is 0 Å². The van der Waals surface area contributed by atoms with Crippen molar-refractivity contribution >= 4 is 5.69 Å². The van der Waals surface area contributed by atoms with Crippen molar-refractivity contribution in [3.8, 4) is 0 Å². The van der Waals surface area contributed by atoms with Gasteiger partial charge in [-0.2, -0.15) is 0 Å². The summed E-state index contributed by atoms with van der Waals surface area (Å²) in [5.74, 6) is -0.393. The summed E-state index contributed by atoms with van der Waals surface area (Å²) in [6.45, 7) is 0.214. The van der Waals surface area contributed by atoms with Crippen molar-refractivity contribution < 1.29 is 4.39 Å². The average molecular weight is 221 g/mol. The van der Waals surface area contributed by atoms with Crippen LogP contribution in [0.15, 0.2) is 35.4 Å². The highest BCUT2D eigenvalue weighted by Crippen LogP contribution is 2.12. The number of hydrogen-bond donors (Lipinski definition) is 1. The molecule has 4 nitrogen and oxygen atoms in total. The van der Waals surface area contributed by atoms with Crippen LogP contribution >= 0.6 is 0 Å². The number of aromatic nitrogens is 2. The Morgan fingerprint density at radius 2 is 2.12 bits per heavy atom. The molecule has 0 radical (unpaired) electrons. The van der Waals surface area contributed by atoms with Crippen molar-refractivity contribution in [3.63, 3.8) is 0 Å². The third-order valence-corrected chi connectivity index (χ3v) is 2.44. The van der Waals surface area contributed by atoms with E-state index in [4.69, 9.17) is 5.73 Å². The van der Waals surface area contributed by atoms with E-state index < -0.39 is 5.82 Å². The van der Waals surface area contributed by atoms with Crippen LogP contribution in [0.2, 0.25) is 0 Å². The predicted octanol–water partition coefficient (Wildman–Crippen LogP) is 0.956. The second-order valence-corrected chi connectivity index (χ2v) is 3.67. The number of anilines is 1. The Bertz CT molecular complexity index is 571. The van der Waals surface area contributed by atoms with E-state index in [1.807, 2.05) is 0 Å². The molecule has 2 N–H and O–H groups in total. The average Bonchev–Trinajstić information content (AvgIpc) is 2.54. The van der Waals surface area contributed by atoms with Gasteiger partial charge in [-0.25, -0.2) is 9.18 Å². The summed E-state index contributed by atoms with van der Waals surface area (Å²) < 4.78 is 16.4. The molecule has 16 heavy (non-hydrogen) atoms. The van der Waals surface area contributed by atoms with Gasteiger partial charge in [-0.3, -0.25) is 4.57 Å². The lowest BCUT2D eigenvalue weighted by molar-refractivity contribution is 0.594. The molecule has 1 aromatic heterocycles. The highest BCUT2D eigenvalue weighted by atomic mass is 19.1. The predicted molar refractivity (Wildman–Crippen MR) is 59.6 cm³/mol. The first kappa shape index (κ1) is 10.5. The Kier molecular flexibility index (Phi) is 2.52. The Labute approximate surface area is 91.7 Å². The molecule has 2 aromatic rings. The molecule has 84 valence electrons. The quantitative estimate of drug-likeness (QED) is 0.768. The van der Waals surface area contributed by atoms with Gasteiger partial charge in [0, 0.05) is 30.7 Å². The lowest BCUT2D eigenvalue weighted by atomic mass is 10.2. The molecule has 2 rings (SSSR count). The molecule has 0 aliphatic rings. The van der Waals surface area contributed by atoms with Crippen LogP contribution < -0.4 is 11.4 Å². The van der Waals surface area contributed by atoms with Gasteiger partial charge in [0.2, 0.25) is 0 Å². The van der Waals surface area contributed by atoms with E-state index in [-0.39, 0.29) is 12.2 Å². The SMILES string of the molecule is Cn1ccn(Cc2ccc(N)cc2F)c1=O. The molecule has 5 heteroatoms. The lowest BCUT2D eigenvalue weighted by Crippen LogP contribution is -2.22. The Hall–Kier alpha value is -2.04. The minimum absolute atomic E-state index is 0.170. The van der Waals surface area contributed by atoms with E-state index in [0.29, 0.717) is 11.3 Å². The van der Waals surface area contributed by atoms with Crippen LogP contribution in [0.3, 0.4) is 0 Å². The molecule has 0 saturated carbocycles. The molecule has 0 unspecified atom stereocenters. The van der Waals surface area contributed by atoms with Gasteiger partial charge < -0.3 is 10.3 Å². The number of hydrogen-bond acceptors (Lipinski definition) is 2. The van der Waals surface area contributed by atoms with Gasteiger partial charge in [0.1, 0.15) is 5.82 Å². The summed E-state index contributed by atoms with van der Waals surface area (Å²) in [6, 6.07) is 4.46. The van der Waals surface area contributed by atoms with Crippen LogP contribution in [0.4, 0.5) is 10.1 Å². The molecule has 1 heterocycles. The van der Waals surface area contributed by atoms with Gasteiger partial charge >= 0.3 is 5.69 Å². The Morgan fingerprint density at radius 3 is 2.69 bits per heavy atom. The summed E-state index contributed by atoms with van der Waals surface area (Å²) in [7, 11) is 1.65. The van der Waals surface area contributed by atoms with Crippen LogP contribution in [0.1, 0.15) is 5.56 Å². The van der Waals surface area contributed by atoms with E-state index >= 15 is 0 Å². The maximum Gasteiger partial charge on any atom is 0.328 e. The van der Waals surface area contributed by atoms with Crippen LogP contribution in [-0.4, -0.2) is 9.13 Å². The first-order valence-electron chi connectivity index (χ1n) is 4.83. The highest BCUT2D eigenvalue weighted by Gasteiger charge is 2.05. The molecule has 0 spiro atoms. The van der Waals surface area contributed by atoms with Crippen molar-refractivity contribution in [2.24, 2.45) is 7.05 Å². The van der Waals surface area contributed by atoms with Crippen LogP contribution in [-0.2, 0) is 13.6 Å². The summed E-state index contributed by atoms with van der Waals surface area (Å²) in [4.78, 5) is 11.5. The number of nitrogens with zero attached hydrogens (tertiary/aromatic N) is 2. The van der Waals surface area contributed by atoms with Crippen LogP contribution in [0.5, 0.6) is 0 Å². The molecule has 0 fully saturated rings. The van der Waals surface area contributed by atoms with Crippen molar-refractivity contribution in [2.45, 2.75) is 6.54 Å². The van der Waals surface area contributed by atoms with Gasteiger partial charge in [-0.1, -0.05) is 6.07 Å². The summed E-state index contributed by atoms with van der Waals surface area (Å²) in [5, 5.41) is 0. The standard InChI is InChI=1S/C11H12FN3O/c1-14-4-5-15(11(14)16)7-8-2-3-9(13)6-10(8)12/h2-6H,7,13H2,1H3. The minimum Gasteiger partial charge on any atom is -0.399 e. The van der Waals surface area contributed by atoms with Gasteiger partial charge in [0.15, 0.2) is 0 Å². The molecular weight excluding hydrogens is 209 g/mol. The first-order chi connectivity index (χ1) is 7.58. The number of imidazole rings is 1. The summed E-state index contributed by atoms with van der Waals surface area (Å²) >= 11 is 0. The third kappa shape index (κ3) is 1.84. The fraction of sp³-hybridized carbons (Fsp3) is 0.182. The monoisotopic (exact) mass is 221 g/mol. The topological polar surface area (TPSA) is 52.9 Å². The Balaban J connectivity index is 2.34. The van der Waals surface area contributed by atoms with E-state index in [1.54, 1.807) is 31.6 Å². The van der Waals surface area contributed by atoms with Crippen molar-refractivity contribution in [3.05, 3.63) is 52.5 Å². The largest absolute Gasteiger partial charge is 0.399 e. The second kappa shape index (κ2) is 3.84. The first-order valence-corrected chi connectivity index (χ1v) is 4.83. The molecular formula is C11H12FN3O. The van der Waals surface area contributed by atoms with Crippen LogP contribution in [0.25, 0.3) is 0 Å². The normalized spacial score (nSPS) is 10.6. The fourth-order valence-electron chi connectivity index (χ4n) is 1.51.